The summed E-state index contributed by atoms with van der Waals surface area (Å²) in [6.07, 6.45) is -7.30. The van der Waals surface area contributed by atoms with Crippen LogP contribution in [-0.4, -0.2) is 59.7 Å². The minimum atomic E-state index is -4.47. The lowest BCUT2D eigenvalue weighted by Gasteiger charge is -2.33. The molecule has 10 nitrogen and oxygen atoms in total. The Morgan fingerprint density at radius 3 is 2.22 bits per heavy atom. The zero-order valence-electron chi connectivity index (χ0n) is 23.7. The number of carbonyl (C=O) groups excluding carboxylic acids is 2. The van der Waals surface area contributed by atoms with Crippen molar-refractivity contribution in [2.75, 3.05) is 0 Å². The van der Waals surface area contributed by atoms with Crippen molar-refractivity contribution in [1.82, 2.24) is 40.2 Å². The Kier molecular flexibility index (Phi) is 9.04. The molecule has 2 N–H and O–H groups in total. The van der Waals surface area contributed by atoms with Crippen LogP contribution in [0.15, 0.2) is 24.7 Å². The van der Waals surface area contributed by atoms with Crippen LogP contribution >= 0.6 is 0 Å². The Balaban J connectivity index is 1.36. The highest BCUT2D eigenvalue weighted by atomic mass is 19.4. The first-order valence-corrected chi connectivity index (χ1v) is 14.4. The summed E-state index contributed by atoms with van der Waals surface area (Å²) in [6.45, 7) is -0.594. The van der Waals surface area contributed by atoms with Crippen LogP contribution in [0.5, 0.6) is 0 Å². The van der Waals surface area contributed by atoms with Gasteiger partial charge in [0.15, 0.2) is 11.3 Å². The predicted octanol–water partition coefficient (Wildman–Crippen LogP) is 5.48. The molecule has 0 spiro atoms. The summed E-state index contributed by atoms with van der Waals surface area (Å²) >= 11 is 0. The molecule has 3 heterocycles. The molecule has 0 bridgehead atoms. The number of halogens is 8. The van der Waals surface area contributed by atoms with Crippen LogP contribution in [0.4, 0.5) is 35.1 Å². The lowest BCUT2D eigenvalue weighted by molar-refractivity contribution is -0.144. The van der Waals surface area contributed by atoms with E-state index >= 15 is 0 Å². The second-order valence-electron chi connectivity index (χ2n) is 11.6. The Hall–Kier alpha value is -3.86. The molecule has 5 rings (SSSR count). The molecule has 3 aromatic heterocycles. The van der Waals surface area contributed by atoms with E-state index in [-0.39, 0.29) is 35.8 Å². The van der Waals surface area contributed by atoms with E-state index in [1.807, 2.05) is 0 Å². The molecule has 0 radical (unpaired) electrons. The molecule has 3 aromatic rings. The van der Waals surface area contributed by atoms with E-state index in [9.17, 15) is 44.7 Å². The van der Waals surface area contributed by atoms with Gasteiger partial charge in [-0.2, -0.15) is 41.3 Å². The minimum Gasteiger partial charge on any atom is -0.349 e. The molecule has 0 unspecified atom stereocenters. The van der Waals surface area contributed by atoms with Crippen molar-refractivity contribution < 1.29 is 44.7 Å². The number of nitrogens with one attached hydrogen (secondary N) is 2. The van der Waals surface area contributed by atoms with Crippen molar-refractivity contribution >= 4 is 17.5 Å². The van der Waals surface area contributed by atoms with E-state index in [1.54, 1.807) is 6.07 Å². The average molecular weight is 651 g/mol. The Morgan fingerprint density at radius 2 is 1.58 bits per heavy atom. The summed E-state index contributed by atoms with van der Waals surface area (Å²) in [5, 5.41) is 17.2. The second-order valence-corrected chi connectivity index (χ2v) is 11.6. The molecule has 18 heteroatoms. The maximum Gasteiger partial charge on any atom is 0.390 e. The normalized spacial score (nSPS) is 18.9. The van der Waals surface area contributed by atoms with Crippen LogP contribution in [0.1, 0.15) is 91.6 Å². The third-order valence-corrected chi connectivity index (χ3v) is 7.97. The van der Waals surface area contributed by atoms with Gasteiger partial charge in [0, 0.05) is 19.3 Å². The Bertz CT molecular complexity index is 1500. The number of amides is 2. The van der Waals surface area contributed by atoms with Gasteiger partial charge < -0.3 is 10.6 Å². The summed E-state index contributed by atoms with van der Waals surface area (Å²) in [5.41, 5.74) is 0.831. The summed E-state index contributed by atoms with van der Waals surface area (Å²) in [5.74, 6) is -4.84. The van der Waals surface area contributed by atoms with Gasteiger partial charge in [0.25, 0.3) is 5.91 Å². The molecule has 2 atom stereocenters. The van der Waals surface area contributed by atoms with E-state index in [1.165, 1.54) is 16.9 Å². The smallest absolute Gasteiger partial charge is 0.349 e. The summed E-state index contributed by atoms with van der Waals surface area (Å²) < 4.78 is 105. The quantitative estimate of drug-likeness (QED) is 0.266. The number of imidazole rings is 1. The molecule has 2 amide bonds. The fraction of sp³-hybridized carbons (Fsp3) is 0.630. The van der Waals surface area contributed by atoms with Crippen molar-refractivity contribution in [2.24, 2.45) is 11.8 Å². The number of alkyl halides is 8. The minimum absolute atomic E-state index is 0.0130. The largest absolute Gasteiger partial charge is 0.390 e. The standard InChI is InChI=1S/C27H30F8N8O2/c28-25(29)6-3-16(4-7-25)23(40-24(45)18-13-37-43(41-18)10-9-27(33,34)35)19-14-42-20(38-19)11-17(12-36-42)22(15-1-2-15)39-21(44)5-8-26(30,31)32/h11-16,22-23H,1-10H2,(H,39,44)(H,40,45)/t22-,23+/m1/s1. The van der Waals surface area contributed by atoms with E-state index in [0.717, 1.165) is 23.8 Å². The third-order valence-electron chi connectivity index (χ3n) is 7.97. The fourth-order valence-electron chi connectivity index (χ4n) is 5.41. The number of aryl methyl sites for hydroxylation is 1. The summed E-state index contributed by atoms with van der Waals surface area (Å²) in [6, 6.07) is 0.142. The summed E-state index contributed by atoms with van der Waals surface area (Å²) in [4.78, 5) is 30.7. The summed E-state index contributed by atoms with van der Waals surface area (Å²) in [7, 11) is 0. The van der Waals surface area contributed by atoms with Crippen molar-refractivity contribution in [3.8, 4) is 0 Å². The van der Waals surface area contributed by atoms with Crippen molar-refractivity contribution in [3.05, 3.63) is 41.6 Å². The number of fused-ring (bicyclic) bond motifs is 1. The molecule has 2 fully saturated rings. The topological polar surface area (TPSA) is 119 Å². The first kappa shape index (κ1) is 32.5. The molecule has 2 aliphatic carbocycles. The third kappa shape index (κ3) is 8.87. The highest BCUT2D eigenvalue weighted by Crippen LogP contribution is 2.43. The average Bonchev–Trinajstić information content (AvgIpc) is 3.52. The van der Waals surface area contributed by atoms with Gasteiger partial charge in [0.05, 0.1) is 55.8 Å². The zero-order valence-corrected chi connectivity index (χ0v) is 23.7. The highest BCUT2D eigenvalue weighted by molar-refractivity contribution is 5.92. The molecule has 0 saturated heterocycles. The number of hydrogen-bond acceptors (Lipinski definition) is 6. The van der Waals surface area contributed by atoms with Gasteiger partial charge in [-0.3, -0.25) is 9.59 Å². The molecule has 45 heavy (non-hydrogen) atoms. The van der Waals surface area contributed by atoms with E-state index in [4.69, 9.17) is 0 Å². The first-order valence-electron chi connectivity index (χ1n) is 14.4. The zero-order chi connectivity index (χ0) is 32.6. The highest BCUT2D eigenvalue weighted by Gasteiger charge is 2.40. The van der Waals surface area contributed by atoms with Gasteiger partial charge >= 0.3 is 12.4 Å². The number of hydrogen-bond donors (Lipinski definition) is 2. The van der Waals surface area contributed by atoms with Gasteiger partial charge in [-0.1, -0.05) is 0 Å². The predicted molar refractivity (Wildman–Crippen MR) is 140 cm³/mol. The number of rotatable bonds is 11. The van der Waals surface area contributed by atoms with Crippen molar-refractivity contribution in [2.45, 2.75) is 94.7 Å². The van der Waals surface area contributed by atoms with E-state index < -0.39 is 86.7 Å². The van der Waals surface area contributed by atoms with E-state index in [0.29, 0.717) is 5.56 Å². The van der Waals surface area contributed by atoms with Crippen LogP contribution in [0.2, 0.25) is 0 Å². The van der Waals surface area contributed by atoms with Gasteiger partial charge in [-0.05, 0) is 49.1 Å². The van der Waals surface area contributed by atoms with Gasteiger partial charge in [-0.25, -0.2) is 18.3 Å². The van der Waals surface area contributed by atoms with Crippen LogP contribution in [0.25, 0.3) is 5.65 Å². The molecule has 0 aromatic carbocycles. The Morgan fingerprint density at radius 1 is 0.911 bits per heavy atom. The second kappa shape index (κ2) is 12.5. The van der Waals surface area contributed by atoms with Crippen molar-refractivity contribution in [1.29, 1.82) is 0 Å². The van der Waals surface area contributed by atoms with Gasteiger partial charge in [0.2, 0.25) is 11.8 Å². The number of nitrogens with zero attached hydrogens (tertiary/aromatic N) is 6. The van der Waals surface area contributed by atoms with Crippen LogP contribution in [0.3, 0.4) is 0 Å². The molecule has 2 aliphatic rings. The van der Waals surface area contributed by atoms with Crippen molar-refractivity contribution in [3.63, 3.8) is 0 Å². The number of carbonyl (C=O) groups is 2. The SMILES string of the molecule is O=C(CCC(F)(F)F)N[C@@H](c1cnn2cc([C@@H](NC(=O)c3cnn(CCC(F)(F)F)n3)C3CCC(F)(F)CC3)nc2c1)C1CC1. The maximum absolute atomic E-state index is 14.0. The molecular formula is C27H30F8N8O2. The van der Waals surface area contributed by atoms with E-state index in [2.05, 4.69) is 30.9 Å². The lowest BCUT2D eigenvalue weighted by Crippen LogP contribution is -2.37. The molecular weight excluding hydrogens is 620 g/mol. The molecule has 246 valence electrons. The van der Waals surface area contributed by atoms with Crippen LogP contribution in [0, 0.1) is 11.8 Å². The van der Waals surface area contributed by atoms with Gasteiger partial charge in [-0.15, -0.1) is 5.10 Å². The lowest BCUT2D eigenvalue weighted by atomic mass is 9.81. The van der Waals surface area contributed by atoms with Crippen LogP contribution < -0.4 is 10.6 Å². The maximum atomic E-state index is 14.0. The molecule has 2 saturated carbocycles. The van der Waals surface area contributed by atoms with Crippen LogP contribution in [-0.2, 0) is 11.3 Å². The Labute approximate surface area is 250 Å². The monoisotopic (exact) mass is 650 g/mol. The fourth-order valence-corrected chi connectivity index (χ4v) is 5.41. The van der Waals surface area contributed by atoms with Gasteiger partial charge in [0.1, 0.15) is 0 Å². The molecule has 0 aliphatic heterocycles. The number of aromatic nitrogens is 6. The first-order chi connectivity index (χ1) is 21.1.